The molecule has 34 heavy (non-hydrogen) atoms. The minimum absolute atomic E-state index is 0.123. The highest BCUT2D eigenvalue weighted by Crippen LogP contribution is 2.44. The van der Waals surface area contributed by atoms with Gasteiger partial charge in [-0.15, -0.1) is 0 Å². The van der Waals surface area contributed by atoms with Gasteiger partial charge in [-0.1, -0.05) is 61.5 Å². The van der Waals surface area contributed by atoms with E-state index in [-0.39, 0.29) is 18.8 Å². The number of aromatic nitrogens is 2. The molecule has 0 aliphatic heterocycles. The Labute approximate surface area is 197 Å². The summed E-state index contributed by atoms with van der Waals surface area (Å²) in [6, 6.07) is 18.4. The van der Waals surface area contributed by atoms with E-state index in [1.807, 2.05) is 30.3 Å². The third-order valence-corrected chi connectivity index (χ3v) is 6.20. The maximum Gasteiger partial charge on any atom is 0.329 e. The van der Waals surface area contributed by atoms with Crippen LogP contribution in [0.4, 0.5) is 0 Å². The average Bonchev–Trinajstić information content (AvgIpc) is 3.48. The Morgan fingerprint density at radius 3 is 2.53 bits per heavy atom. The second-order valence-corrected chi connectivity index (χ2v) is 8.46. The summed E-state index contributed by atoms with van der Waals surface area (Å²) in [6.45, 7) is 1.84. The van der Waals surface area contributed by atoms with Gasteiger partial charge < -0.3 is 19.0 Å². The summed E-state index contributed by atoms with van der Waals surface area (Å²) in [7, 11) is 0. The molecule has 2 atom stereocenters. The minimum atomic E-state index is -0.965. The summed E-state index contributed by atoms with van der Waals surface area (Å²) in [6.07, 6.45) is 4.28. The van der Waals surface area contributed by atoms with E-state index in [2.05, 4.69) is 41.2 Å². The van der Waals surface area contributed by atoms with Crippen LogP contribution in [0.15, 0.2) is 65.3 Å². The average molecular weight is 459 g/mol. The number of nitrogens with zero attached hydrogens (tertiary/aromatic N) is 2. The van der Waals surface area contributed by atoms with Crippen molar-refractivity contribution >= 4 is 17.1 Å². The summed E-state index contributed by atoms with van der Waals surface area (Å²) in [4.78, 5) is 19.7. The van der Waals surface area contributed by atoms with Crippen molar-refractivity contribution in [3.63, 3.8) is 0 Å². The van der Waals surface area contributed by atoms with Crippen LogP contribution in [-0.2, 0) is 16.0 Å². The lowest BCUT2D eigenvalue weighted by molar-refractivity contribution is -0.144. The molecule has 1 aliphatic rings. The van der Waals surface area contributed by atoms with Crippen LogP contribution in [0.2, 0.25) is 0 Å². The molecule has 2 aromatic carbocycles. The van der Waals surface area contributed by atoms with E-state index < -0.39 is 5.97 Å². The van der Waals surface area contributed by atoms with Gasteiger partial charge in [0.15, 0.2) is 0 Å². The van der Waals surface area contributed by atoms with Crippen molar-refractivity contribution in [2.45, 2.75) is 44.8 Å². The minimum Gasteiger partial charge on any atom is -0.480 e. The van der Waals surface area contributed by atoms with Gasteiger partial charge in [0.05, 0.1) is 6.10 Å². The van der Waals surface area contributed by atoms with Crippen molar-refractivity contribution < 1.29 is 23.8 Å². The van der Waals surface area contributed by atoms with Crippen LogP contribution < -0.4 is 4.74 Å². The molecule has 174 valence electrons. The fourth-order valence-corrected chi connectivity index (χ4v) is 4.48. The summed E-state index contributed by atoms with van der Waals surface area (Å²) in [5, 5.41) is 9.61. The number of furan rings is 1. The van der Waals surface area contributed by atoms with Crippen LogP contribution in [0.3, 0.4) is 0 Å². The second kappa shape index (κ2) is 9.65. The molecule has 1 N–H and O–H groups in total. The predicted molar refractivity (Wildman–Crippen MR) is 128 cm³/mol. The van der Waals surface area contributed by atoms with E-state index >= 15 is 0 Å². The Morgan fingerprint density at radius 1 is 1.03 bits per heavy atom. The van der Waals surface area contributed by atoms with Crippen molar-refractivity contribution in [2.24, 2.45) is 0 Å². The van der Waals surface area contributed by atoms with Crippen LogP contribution in [-0.4, -0.2) is 39.9 Å². The van der Waals surface area contributed by atoms with E-state index in [4.69, 9.17) is 19.0 Å². The van der Waals surface area contributed by atoms with Crippen molar-refractivity contribution in [3.05, 3.63) is 66.5 Å². The molecule has 7 heteroatoms. The van der Waals surface area contributed by atoms with Gasteiger partial charge in [0.1, 0.15) is 30.2 Å². The zero-order valence-electron chi connectivity index (χ0n) is 18.9. The monoisotopic (exact) mass is 458 g/mol. The molecule has 1 saturated carbocycles. The fourth-order valence-electron chi connectivity index (χ4n) is 4.48. The number of benzene rings is 2. The van der Waals surface area contributed by atoms with Gasteiger partial charge in [0.2, 0.25) is 11.6 Å². The smallest absolute Gasteiger partial charge is 0.329 e. The SMILES string of the molecule is CCc1ccc(-c2c(-c3ccccc3)oc3ncnc(O[C@H]4CC[C@@H](OCC(=O)O)C4)c23)cc1. The molecule has 7 nitrogen and oxygen atoms in total. The molecule has 0 saturated heterocycles. The molecule has 4 aromatic rings. The summed E-state index contributed by atoms with van der Waals surface area (Å²) in [5.41, 5.74) is 4.57. The molecule has 0 amide bonds. The summed E-state index contributed by atoms with van der Waals surface area (Å²) in [5.74, 6) is 0.223. The molecule has 0 bridgehead atoms. The lowest BCUT2D eigenvalue weighted by atomic mass is 9.98. The third kappa shape index (κ3) is 4.52. The van der Waals surface area contributed by atoms with Crippen molar-refractivity contribution in [3.8, 4) is 28.3 Å². The van der Waals surface area contributed by atoms with E-state index in [9.17, 15) is 4.79 Å². The molecular weight excluding hydrogens is 432 g/mol. The number of hydrogen-bond acceptors (Lipinski definition) is 6. The Balaban J connectivity index is 1.55. The number of fused-ring (bicyclic) bond motifs is 1. The number of carboxylic acids is 1. The molecular formula is C27H26N2O5. The Hall–Kier alpha value is -3.71. The first-order chi connectivity index (χ1) is 16.6. The fraction of sp³-hybridized carbons (Fsp3) is 0.296. The Bertz CT molecular complexity index is 1280. The van der Waals surface area contributed by atoms with Gasteiger partial charge in [-0.05, 0) is 30.4 Å². The van der Waals surface area contributed by atoms with Crippen molar-refractivity contribution in [1.82, 2.24) is 9.97 Å². The van der Waals surface area contributed by atoms with Crippen LogP contribution in [0.5, 0.6) is 5.88 Å². The Morgan fingerprint density at radius 2 is 1.79 bits per heavy atom. The number of aliphatic carboxylic acids is 1. The third-order valence-electron chi connectivity index (χ3n) is 6.20. The largest absolute Gasteiger partial charge is 0.480 e. The van der Waals surface area contributed by atoms with Gasteiger partial charge in [-0.2, -0.15) is 0 Å². The zero-order valence-corrected chi connectivity index (χ0v) is 18.9. The van der Waals surface area contributed by atoms with E-state index in [1.165, 1.54) is 11.9 Å². The highest BCUT2D eigenvalue weighted by Gasteiger charge is 2.30. The molecule has 0 radical (unpaired) electrons. The van der Waals surface area contributed by atoms with E-state index in [0.29, 0.717) is 18.0 Å². The lowest BCUT2D eigenvalue weighted by Crippen LogP contribution is -2.18. The molecule has 5 rings (SSSR count). The van der Waals surface area contributed by atoms with Gasteiger partial charge in [0, 0.05) is 17.5 Å². The van der Waals surface area contributed by atoms with Gasteiger partial charge in [0.25, 0.3) is 0 Å². The predicted octanol–water partition coefficient (Wildman–Crippen LogP) is 5.52. The molecule has 0 unspecified atom stereocenters. The molecule has 1 aliphatic carbocycles. The summed E-state index contributed by atoms with van der Waals surface area (Å²) < 4.78 is 18.1. The number of carboxylic acid groups (broad SMARTS) is 1. The number of hydrogen-bond donors (Lipinski definition) is 1. The van der Waals surface area contributed by atoms with Crippen LogP contribution in [0.1, 0.15) is 31.7 Å². The first kappa shape index (κ1) is 22.1. The summed E-state index contributed by atoms with van der Waals surface area (Å²) >= 11 is 0. The number of ether oxygens (including phenoxy) is 2. The van der Waals surface area contributed by atoms with Crippen molar-refractivity contribution in [2.75, 3.05) is 6.61 Å². The van der Waals surface area contributed by atoms with Gasteiger partial charge in [-0.3, -0.25) is 0 Å². The van der Waals surface area contributed by atoms with Crippen molar-refractivity contribution in [1.29, 1.82) is 0 Å². The maximum atomic E-state index is 10.8. The van der Waals surface area contributed by atoms with E-state index in [1.54, 1.807) is 0 Å². The number of carbonyl (C=O) groups is 1. The van der Waals surface area contributed by atoms with Gasteiger partial charge in [-0.25, -0.2) is 14.8 Å². The second-order valence-electron chi connectivity index (χ2n) is 8.46. The Kier molecular flexibility index (Phi) is 6.27. The zero-order chi connectivity index (χ0) is 23.5. The highest BCUT2D eigenvalue weighted by molar-refractivity contribution is 6.03. The highest BCUT2D eigenvalue weighted by atomic mass is 16.5. The molecule has 1 fully saturated rings. The standard InChI is InChI=1S/C27H26N2O5/c1-2-17-8-10-18(11-9-17)23-24-26(33-21-13-12-20(14-21)32-15-22(30)31)28-16-29-27(24)34-25(23)19-6-4-3-5-7-19/h3-11,16,20-21H,2,12-15H2,1H3,(H,30,31)/t20-,21+/m1/s1. The quantitative estimate of drug-likeness (QED) is 0.371. The van der Waals surface area contributed by atoms with Crippen LogP contribution in [0.25, 0.3) is 33.6 Å². The molecule has 2 heterocycles. The first-order valence-electron chi connectivity index (χ1n) is 11.5. The lowest BCUT2D eigenvalue weighted by Gasteiger charge is -2.14. The number of aryl methyl sites for hydroxylation is 1. The number of rotatable bonds is 8. The van der Waals surface area contributed by atoms with Crippen LogP contribution >= 0.6 is 0 Å². The molecule has 0 spiro atoms. The topological polar surface area (TPSA) is 94.7 Å². The van der Waals surface area contributed by atoms with E-state index in [0.717, 1.165) is 47.1 Å². The normalized spacial score (nSPS) is 17.8. The first-order valence-corrected chi connectivity index (χ1v) is 11.5. The maximum absolute atomic E-state index is 10.8. The van der Waals surface area contributed by atoms with Crippen LogP contribution in [0, 0.1) is 0 Å². The van der Waals surface area contributed by atoms with Gasteiger partial charge >= 0.3 is 5.97 Å². The molecule has 2 aromatic heterocycles.